The molecule has 0 amide bonds. The number of anilines is 4. The number of aromatic nitrogens is 12. The quantitative estimate of drug-likeness (QED) is 0.0548. The van der Waals surface area contributed by atoms with Crippen molar-refractivity contribution in [2.45, 2.75) is 98.6 Å². The van der Waals surface area contributed by atoms with Crippen LogP contribution in [0.15, 0.2) is 61.7 Å². The molecule has 328 valence electrons. The lowest BCUT2D eigenvalue weighted by molar-refractivity contribution is 0.0785. The highest BCUT2D eigenvalue weighted by Crippen LogP contribution is 2.29. The van der Waals surface area contributed by atoms with Gasteiger partial charge in [0.05, 0.1) is 65.6 Å². The minimum Gasteiger partial charge on any atom is -0.390 e. The molecular formula is C41H56N14O3S2Si2. The van der Waals surface area contributed by atoms with Gasteiger partial charge in [0.1, 0.15) is 23.5 Å². The van der Waals surface area contributed by atoms with Gasteiger partial charge in [0, 0.05) is 65.3 Å². The van der Waals surface area contributed by atoms with Gasteiger partial charge >= 0.3 is 0 Å². The maximum atomic E-state index is 9.24. The van der Waals surface area contributed by atoms with E-state index in [-0.39, 0.29) is 6.61 Å². The van der Waals surface area contributed by atoms with E-state index in [1.54, 1.807) is 10.7 Å². The van der Waals surface area contributed by atoms with Crippen LogP contribution in [0.4, 0.5) is 21.6 Å². The van der Waals surface area contributed by atoms with Crippen molar-refractivity contribution < 1.29 is 14.6 Å². The fourth-order valence-electron chi connectivity index (χ4n) is 6.23. The van der Waals surface area contributed by atoms with Gasteiger partial charge in [-0.1, -0.05) is 46.2 Å². The minimum absolute atomic E-state index is 0.0891. The highest BCUT2D eigenvalue weighted by molar-refractivity contribution is 7.10. The molecule has 62 heavy (non-hydrogen) atoms. The molecule has 8 aromatic heterocycles. The van der Waals surface area contributed by atoms with Gasteiger partial charge in [0.25, 0.3) is 0 Å². The van der Waals surface area contributed by atoms with Crippen molar-refractivity contribution in [3.05, 3.63) is 84.5 Å². The van der Waals surface area contributed by atoms with Crippen LogP contribution < -0.4 is 10.6 Å². The smallest absolute Gasteiger partial charge is 0.180 e. The number of nitrogens with one attached hydrogen (secondary N) is 2. The van der Waals surface area contributed by atoms with E-state index < -0.39 is 16.1 Å². The Hall–Kier alpha value is -5.17. The number of aliphatic hydroxyl groups excluding tert-OH is 1. The predicted molar refractivity (Wildman–Crippen MR) is 252 cm³/mol. The summed E-state index contributed by atoms with van der Waals surface area (Å²) in [4.78, 5) is 18.5. The standard InChI is InChI=1S/C21H29N7OSSi.C20H27N7O2SSi/c1-6-17-9-19(30-26-17)25-20-21-22-11-18(28(21)12-15(2)24-20)16-10-23-27(13-16)14-29-7-8-31(3,4)5;1-14-10-27-17(15-8-22-26(11-15)13-29-5-6-31(2,3)4)9-21-20(27)19(23-14)24-18-7-16(12-28)25-30-18/h9-13H,6-8,14H2,1-5H3,(H,24,25);7-11,28H,5-6,12-13H2,1-4H3,(H,23,24). The molecule has 0 aliphatic rings. The summed E-state index contributed by atoms with van der Waals surface area (Å²) >= 11 is 2.72. The number of ether oxygens (including phenoxy) is 2. The van der Waals surface area contributed by atoms with E-state index in [2.05, 4.69) is 106 Å². The molecule has 8 heterocycles. The van der Waals surface area contributed by atoms with Crippen molar-refractivity contribution in [2.24, 2.45) is 0 Å². The maximum absolute atomic E-state index is 9.24. The van der Waals surface area contributed by atoms with Crippen molar-refractivity contribution in [1.82, 2.24) is 57.0 Å². The number of aryl methyl sites for hydroxylation is 3. The molecule has 0 unspecified atom stereocenters. The monoisotopic (exact) mass is 912 g/mol. The fraction of sp³-hybridized carbons (Fsp3) is 0.415. The first-order chi connectivity index (χ1) is 29.6. The van der Waals surface area contributed by atoms with Gasteiger partial charge in [0.15, 0.2) is 22.9 Å². The Labute approximate surface area is 371 Å². The van der Waals surface area contributed by atoms with Crippen LogP contribution in [0.2, 0.25) is 51.4 Å². The average molecular weight is 913 g/mol. The maximum Gasteiger partial charge on any atom is 0.180 e. The van der Waals surface area contributed by atoms with E-state index in [1.165, 1.54) is 23.1 Å². The van der Waals surface area contributed by atoms with Crippen LogP contribution in [-0.2, 0) is 36.0 Å². The molecule has 0 fully saturated rings. The van der Waals surface area contributed by atoms with Crippen molar-refractivity contribution in [3.63, 3.8) is 0 Å². The Kier molecular flexibility index (Phi) is 14.1. The van der Waals surface area contributed by atoms with Gasteiger partial charge in [-0.3, -0.25) is 8.80 Å². The van der Waals surface area contributed by atoms with E-state index in [4.69, 9.17) is 9.47 Å². The topological polar surface area (TPSA) is 185 Å². The number of hydrogen-bond acceptors (Lipinski definition) is 15. The van der Waals surface area contributed by atoms with Crippen LogP contribution >= 0.6 is 23.1 Å². The first-order valence-corrected chi connectivity index (χ1v) is 29.6. The van der Waals surface area contributed by atoms with E-state index in [1.807, 2.05) is 72.5 Å². The van der Waals surface area contributed by atoms with Crippen LogP contribution in [0, 0.1) is 13.8 Å². The molecule has 0 spiro atoms. The second kappa shape index (κ2) is 19.5. The fourth-order valence-corrected chi connectivity index (χ4v) is 9.13. The lowest BCUT2D eigenvalue weighted by Crippen LogP contribution is -2.22. The summed E-state index contributed by atoms with van der Waals surface area (Å²) in [6.07, 6.45) is 16.2. The van der Waals surface area contributed by atoms with Crippen LogP contribution in [0.1, 0.15) is 29.7 Å². The average Bonchev–Trinajstić information content (AvgIpc) is 4.07. The van der Waals surface area contributed by atoms with Gasteiger partial charge in [-0.2, -0.15) is 18.9 Å². The summed E-state index contributed by atoms with van der Waals surface area (Å²) in [6, 6.07) is 6.15. The third kappa shape index (κ3) is 11.6. The van der Waals surface area contributed by atoms with Crippen molar-refractivity contribution in [2.75, 3.05) is 23.8 Å². The summed E-state index contributed by atoms with van der Waals surface area (Å²) in [6.45, 7) is 22.4. The van der Waals surface area contributed by atoms with E-state index in [0.29, 0.717) is 30.6 Å². The third-order valence-electron chi connectivity index (χ3n) is 9.65. The molecular weight excluding hydrogens is 857 g/mol. The number of fused-ring (bicyclic) bond motifs is 2. The van der Waals surface area contributed by atoms with Gasteiger partial charge in [-0.25, -0.2) is 29.3 Å². The molecule has 3 N–H and O–H groups in total. The number of imidazole rings is 2. The minimum atomic E-state index is -1.10. The molecule has 17 nitrogen and oxygen atoms in total. The second-order valence-corrected chi connectivity index (χ2v) is 30.3. The lowest BCUT2D eigenvalue weighted by Gasteiger charge is -2.15. The SMILES string of the molecule is CCc1cc(Nc2nc(C)cn3c(-c4cnn(COCC[Si](C)(C)C)c4)cnc23)sn1.Cc1cn2c(-c3cnn(COCC[Si](C)(C)C)c3)cnc2c(Nc2cc(CO)ns2)n1. The Morgan fingerprint density at radius 3 is 1.50 bits per heavy atom. The van der Waals surface area contributed by atoms with Gasteiger partial charge in [-0.05, 0) is 67.6 Å². The molecule has 0 saturated carbocycles. The first kappa shape index (κ1) is 44.9. The Bertz CT molecular complexity index is 2540. The molecule has 0 bridgehead atoms. The summed E-state index contributed by atoms with van der Waals surface area (Å²) in [7, 11) is -2.18. The first-order valence-electron chi connectivity index (χ1n) is 20.6. The second-order valence-electron chi connectivity index (χ2n) is 17.5. The summed E-state index contributed by atoms with van der Waals surface area (Å²) < 4.78 is 27.9. The molecule has 8 aromatic rings. The van der Waals surface area contributed by atoms with E-state index in [9.17, 15) is 5.11 Å². The van der Waals surface area contributed by atoms with E-state index in [0.717, 1.165) is 92.8 Å². The molecule has 8 rings (SSSR count). The zero-order valence-electron chi connectivity index (χ0n) is 36.9. The number of hydrogen-bond donors (Lipinski definition) is 3. The zero-order valence-corrected chi connectivity index (χ0v) is 40.5. The van der Waals surface area contributed by atoms with Crippen LogP contribution in [0.25, 0.3) is 33.8 Å². The van der Waals surface area contributed by atoms with Crippen molar-refractivity contribution in [1.29, 1.82) is 0 Å². The molecule has 0 radical (unpaired) electrons. The van der Waals surface area contributed by atoms with Crippen LogP contribution in [0.5, 0.6) is 0 Å². The highest BCUT2D eigenvalue weighted by atomic mass is 32.1. The normalized spacial score (nSPS) is 12.0. The zero-order chi connectivity index (χ0) is 44.0. The molecule has 0 saturated heterocycles. The number of aliphatic hydroxyl groups is 1. The molecule has 0 aliphatic heterocycles. The van der Waals surface area contributed by atoms with Gasteiger partial charge < -0.3 is 25.2 Å². The molecule has 0 aliphatic carbocycles. The van der Waals surface area contributed by atoms with Crippen molar-refractivity contribution >= 4 is 72.1 Å². The third-order valence-corrected chi connectivity index (χ3v) is 14.5. The Morgan fingerprint density at radius 2 is 1.10 bits per heavy atom. The summed E-state index contributed by atoms with van der Waals surface area (Å²) in [5.74, 6) is 1.36. The molecule has 0 atom stereocenters. The summed E-state index contributed by atoms with van der Waals surface area (Å²) in [5, 5.41) is 26.6. The molecule has 0 aromatic carbocycles. The highest BCUT2D eigenvalue weighted by Gasteiger charge is 2.18. The molecule has 21 heteroatoms. The predicted octanol–water partition coefficient (Wildman–Crippen LogP) is 8.88. The van der Waals surface area contributed by atoms with Crippen molar-refractivity contribution in [3.8, 4) is 22.5 Å². The summed E-state index contributed by atoms with van der Waals surface area (Å²) in [5.41, 5.74) is 8.76. The Morgan fingerprint density at radius 1 is 0.645 bits per heavy atom. The van der Waals surface area contributed by atoms with Gasteiger partial charge in [0.2, 0.25) is 0 Å². The largest absolute Gasteiger partial charge is 0.390 e. The van der Waals surface area contributed by atoms with E-state index >= 15 is 0 Å². The van der Waals surface area contributed by atoms with Crippen LogP contribution in [-0.4, -0.2) is 91.5 Å². The Balaban J connectivity index is 0.000000186. The van der Waals surface area contributed by atoms with Gasteiger partial charge in [-0.15, -0.1) is 0 Å². The number of nitrogens with zero attached hydrogens (tertiary/aromatic N) is 12. The lowest BCUT2D eigenvalue weighted by atomic mass is 10.3. The number of rotatable bonds is 18. The van der Waals surface area contributed by atoms with Crippen LogP contribution in [0.3, 0.4) is 0 Å².